The van der Waals surface area contributed by atoms with Gasteiger partial charge >= 0.3 is 0 Å². The highest BCUT2D eigenvalue weighted by Gasteiger charge is 2.25. The van der Waals surface area contributed by atoms with Crippen LogP contribution in [0.25, 0.3) is 52.0 Å². The number of amides is 1. The van der Waals surface area contributed by atoms with E-state index in [2.05, 4.69) is 65.7 Å². The van der Waals surface area contributed by atoms with Gasteiger partial charge in [-0.25, -0.2) is 9.69 Å². The number of carbonyl (C=O) groups excluding carboxylic acids is 1. The van der Waals surface area contributed by atoms with E-state index in [1.165, 1.54) is 33.6 Å². The summed E-state index contributed by atoms with van der Waals surface area (Å²) < 4.78 is 11.4. The maximum absolute atomic E-state index is 11.6. The lowest BCUT2D eigenvalue weighted by Crippen LogP contribution is -2.29. The van der Waals surface area contributed by atoms with E-state index in [4.69, 9.17) is 28.4 Å². The zero-order valence-corrected chi connectivity index (χ0v) is 35.4. The second-order valence-corrected chi connectivity index (χ2v) is 17.1. The first-order chi connectivity index (χ1) is 28.5. The highest BCUT2D eigenvalue weighted by atomic mass is 32.1. The predicted molar refractivity (Wildman–Crippen MR) is 235 cm³/mol. The molecular weight excluding hydrogens is 777 g/mol. The molecule has 0 saturated heterocycles. The van der Waals surface area contributed by atoms with E-state index in [9.17, 15) is 4.79 Å². The second kappa shape index (κ2) is 18.3. The Bertz CT molecular complexity index is 2570. The summed E-state index contributed by atoms with van der Waals surface area (Å²) in [5, 5.41) is 24.1. The molecule has 0 unspecified atom stereocenters. The number of ether oxygens (including phenoxy) is 2. The van der Waals surface area contributed by atoms with Gasteiger partial charge in [0.05, 0.1) is 31.4 Å². The summed E-state index contributed by atoms with van der Waals surface area (Å²) >= 11 is 3.06. The van der Waals surface area contributed by atoms with Crippen molar-refractivity contribution in [2.24, 2.45) is 5.73 Å². The molecule has 2 aliphatic carbocycles. The normalized spacial score (nSPS) is 15.6. The largest absolute Gasteiger partial charge is 0.502 e. The molecular formula is C46H46N8O3S2. The van der Waals surface area contributed by atoms with E-state index in [1.807, 2.05) is 70.2 Å². The molecule has 4 aromatic carbocycles. The molecule has 8 rings (SSSR count). The third kappa shape index (κ3) is 9.34. The maximum Gasteiger partial charge on any atom is 0.228 e. The highest BCUT2D eigenvalue weighted by molar-refractivity contribution is 7.18. The fourth-order valence-corrected chi connectivity index (χ4v) is 9.40. The Kier molecular flexibility index (Phi) is 12.8. The maximum atomic E-state index is 11.6. The molecule has 13 heteroatoms. The fraction of sp³-hybridized carbons (Fsp3) is 0.326. The van der Waals surface area contributed by atoms with Crippen molar-refractivity contribution in [3.8, 4) is 53.8 Å². The number of hydrogen-bond donors (Lipinski definition) is 2. The smallest absolute Gasteiger partial charge is 0.228 e. The number of nitrogens with one attached hydrogen (secondary N) is 1. The lowest BCUT2D eigenvalue weighted by atomic mass is 9.85. The Labute approximate surface area is 353 Å². The van der Waals surface area contributed by atoms with Gasteiger partial charge < -0.3 is 20.5 Å². The van der Waals surface area contributed by atoms with Crippen LogP contribution in [0.3, 0.4) is 0 Å². The molecule has 6 aromatic rings. The number of hydrogen-bond acceptors (Lipinski definition) is 10. The van der Waals surface area contributed by atoms with Gasteiger partial charge in [-0.2, -0.15) is 0 Å². The third-order valence-electron chi connectivity index (χ3n) is 10.1. The van der Waals surface area contributed by atoms with Crippen molar-refractivity contribution < 1.29 is 14.3 Å². The summed E-state index contributed by atoms with van der Waals surface area (Å²) in [6.45, 7) is 24.3. The second-order valence-electron chi connectivity index (χ2n) is 15.1. The molecule has 59 heavy (non-hydrogen) atoms. The zero-order chi connectivity index (χ0) is 41.6. The van der Waals surface area contributed by atoms with Crippen LogP contribution in [0.5, 0.6) is 11.5 Å². The molecule has 300 valence electrons. The molecule has 0 fully saturated rings. The lowest BCUT2D eigenvalue weighted by molar-refractivity contribution is -0.119. The molecule has 1 amide bonds. The molecule has 0 bridgehead atoms. The summed E-state index contributed by atoms with van der Waals surface area (Å²) in [5.74, 6) is 1.17. The summed E-state index contributed by atoms with van der Waals surface area (Å²) in [6.07, 6.45) is 6.11. The van der Waals surface area contributed by atoms with Crippen LogP contribution in [0.4, 0.5) is 11.4 Å². The van der Waals surface area contributed by atoms with Gasteiger partial charge in [0.1, 0.15) is 31.5 Å². The SMILES string of the molecule is [C-]#[N+]c1cc(-c2nnc(-c3cccc4c3CCC[C@H]4N)s2)ccc1OC(C)C.[C-]#[N+]c1cc(-c2nnc(-c3cccc4c3CCC[C@H]4NC(C)=O)s2)ccc1OC(C)C. The number of nitrogens with two attached hydrogens (primary N) is 1. The topological polar surface area (TPSA) is 134 Å². The van der Waals surface area contributed by atoms with Crippen LogP contribution in [0, 0.1) is 13.1 Å². The standard InChI is InChI=1S/C24H24N4O2S.C22H22N4OS/c1-14(2)30-22-12-11-16(13-21(22)25-4)23-27-28-24(31-23)19-9-5-8-18-17(19)7-6-10-20(18)26-15(3)29;1-13(2)27-20-11-10-14(12-19(20)24-3)21-25-26-22(28-21)17-8-4-7-16-15(17)6-5-9-18(16)23/h5,8-9,11-14,20H,6-7,10H2,1-3H3,(H,26,29);4,7-8,10-13,18H,5-6,9,23H2,1-2H3/t20-;18-/m11/s1. The average molecular weight is 823 g/mol. The van der Waals surface area contributed by atoms with Crippen LogP contribution in [-0.4, -0.2) is 38.5 Å². The van der Waals surface area contributed by atoms with Crippen molar-refractivity contribution in [1.82, 2.24) is 25.7 Å². The molecule has 0 aliphatic heterocycles. The Morgan fingerprint density at radius 3 is 1.68 bits per heavy atom. The van der Waals surface area contributed by atoms with E-state index >= 15 is 0 Å². The van der Waals surface area contributed by atoms with Crippen LogP contribution in [-0.2, 0) is 17.6 Å². The Balaban J connectivity index is 0.000000180. The number of aromatic nitrogens is 4. The first-order valence-corrected chi connectivity index (χ1v) is 21.5. The van der Waals surface area contributed by atoms with Gasteiger partial charge in [-0.3, -0.25) is 4.79 Å². The minimum atomic E-state index is -0.0121. The van der Waals surface area contributed by atoms with Crippen LogP contribution >= 0.6 is 22.7 Å². The van der Waals surface area contributed by atoms with E-state index in [-0.39, 0.29) is 30.2 Å². The van der Waals surface area contributed by atoms with Gasteiger partial charge in [0, 0.05) is 35.2 Å². The van der Waals surface area contributed by atoms with Crippen molar-refractivity contribution in [1.29, 1.82) is 0 Å². The molecule has 2 atom stereocenters. The van der Waals surface area contributed by atoms with Gasteiger partial charge in [0.2, 0.25) is 17.3 Å². The predicted octanol–water partition coefficient (Wildman–Crippen LogP) is 11.3. The number of nitrogens with zero attached hydrogens (tertiary/aromatic N) is 6. The average Bonchev–Trinajstić information content (AvgIpc) is 3.92. The molecule has 2 aliphatic rings. The van der Waals surface area contributed by atoms with E-state index in [1.54, 1.807) is 18.3 Å². The molecule has 0 spiro atoms. The number of benzene rings is 4. The zero-order valence-electron chi connectivity index (χ0n) is 33.8. The molecule has 11 nitrogen and oxygen atoms in total. The fourth-order valence-electron chi connectivity index (χ4n) is 7.61. The highest BCUT2D eigenvalue weighted by Crippen LogP contribution is 2.42. The van der Waals surface area contributed by atoms with E-state index in [0.717, 1.165) is 80.8 Å². The van der Waals surface area contributed by atoms with Gasteiger partial charge in [-0.15, -0.1) is 20.4 Å². The van der Waals surface area contributed by atoms with Gasteiger partial charge in [0.25, 0.3) is 0 Å². The van der Waals surface area contributed by atoms with Crippen molar-refractivity contribution >= 4 is 40.0 Å². The van der Waals surface area contributed by atoms with E-state index in [0.29, 0.717) is 22.9 Å². The molecule has 2 heterocycles. The summed E-state index contributed by atoms with van der Waals surface area (Å²) in [7, 11) is 0. The third-order valence-corrected chi connectivity index (χ3v) is 12.1. The summed E-state index contributed by atoms with van der Waals surface area (Å²) in [5.41, 5.74) is 16.1. The minimum absolute atomic E-state index is 0.00468. The quantitative estimate of drug-likeness (QED) is 0.138. The van der Waals surface area contributed by atoms with Crippen LogP contribution < -0.4 is 20.5 Å². The van der Waals surface area contributed by atoms with Crippen LogP contribution in [0.15, 0.2) is 72.8 Å². The summed E-state index contributed by atoms with van der Waals surface area (Å²) in [6, 6.07) is 23.8. The van der Waals surface area contributed by atoms with Gasteiger partial charge in [0.15, 0.2) is 0 Å². The first-order valence-electron chi connectivity index (χ1n) is 19.8. The van der Waals surface area contributed by atoms with E-state index < -0.39 is 0 Å². The molecule has 2 aromatic heterocycles. The first kappa shape index (κ1) is 41.2. The lowest BCUT2D eigenvalue weighted by Gasteiger charge is -2.27. The number of carbonyl (C=O) groups is 1. The van der Waals surface area contributed by atoms with Crippen molar-refractivity contribution in [2.45, 2.75) is 97.4 Å². The van der Waals surface area contributed by atoms with Crippen molar-refractivity contribution in [3.63, 3.8) is 0 Å². The summed E-state index contributed by atoms with van der Waals surface area (Å²) in [4.78, 5) is 18.8. The molecule has 3 N–H and O–H groups in total. The molecule has 0 radical (unpaired) electrons. The monoisotopic (exact) mass is 822 g/mol. The Morgan fingerprint density at radius 2 is 1.19 bits per heavy atom. The Morgan fingerprint density at radius 1 is 0.712 bits per heavy atom. The van der Waals surface area contributed by atoms with Crippen molar-refractivity contribution in [3.05, 3.63) is 118 Å². The number of fused-ring (bicyclic) bond motifs is 2. The van der Waals surface area contributed by atoms with Crippen LogP contribution in [0.1, 0.15) is 94.6 Å². The minimum Gasteiger partial charge on any atom is -0.502 e. The molecule has 0 saturated carbocycles. The number of rotatable bonds is 9. The van der Waals surface area contributed by atoms with Gasteiger partial charge in [-0.1, -0.05) is 71.2 Å². The van der Waals surface area contributed by atoms with Gasteiger partial charge in [-0.05, 0) is 113 Å². The van der Waals surface area contributed by atoms with Crippen molar-refractivity contribution in [2.75, 3.05) is 0 Å². The van der Waals surface area contributed by atoms with Crippen LogP contribution in [0.2, 0.25) is 0 Å². The Hall–Kier alpha value is -5.99.